The summed E-state index contributed by atoms with van der Waals surface area (Å²) in [5.41, 5.74) is 0.806. The van der Waals surface area contributed by atoms with Gasteiger partial charge in [0.1, 0.15) is 5.54 Å². The van der Waals surface area contributed by atoms with E-state index in [1.54, 1.807) is 20.8 Å². The molecule has 0 aliphatic rings. The number of rotatable bonds is 7. The van der Waals surface area contributed by atoms with E-state index < -0.39 is 11.5 Å². The number of ether oxygens (including phenoxy) is 1. The monoisotopic (exact) mass is 292 g/mol. The summed E-state index contributed by atoms with van der Waals surface area (Å²) in [5, 5.41) is 5.93. The van der Waals surface area contributed by atoms with Crippen LogP contribution in [0.2, 0.25) is 0 Å². The van der Waals surface area contributed by atoms with Crippen LogP contribution in [0.4, 0.5) is 5.69 Å². The van der Waals surface area contributed by atoms with Gasteiger partial charge in [0.25, 0.3) is 0 Å². The molecule has 0 saturated carbocycles. The number of nitrogens with one attached hydrogen (secondary N) is 2. The molecule has 0 aliphatic carbocycles. The quantitative estimate of drug-likeness (QED) is 0.755. The second-order valence-corrected chi connectivity index (χ2v) is 5.26. The first-order chi connectivity index (χ1) is 9.90. The Morgan fingerprint density at radius 1 is 1.19 bits per heavy atom. The number of hydrogen-bond acceptors (Lipinski definition) is 4. The zero-order valence-corrected chi connectivity index (χ0v) is 13.2. The molecular formula is C16H24N2O3. The summed E-state index contributed by atoms with van der Waals surface area (Å²) in [6, 6.07) is 7.64. The summed E-state index contributed by atoms with van der Waals surface area (Å²) in [4.78, 5) is 23.9. The zero-order valence-electron chi connectivity index (χ0n) is 13.2. The predicted molar refractivity (Wildman–Crippen MR) is 83.2 cm³/mol. The van der Waals surface area contributed by atoms with Gasteiger partial charge in [-0.05, 0) is 39.3 Å². The molecular weight excluding hydrogens is 268 g/mol. The molecule has 1 aromatic rings. The maximum absolute atomic E-state index is 12.1. The number of anilines is 1. The summed E-state index contributed by atoms with van der Waals surface area (Å²) in [6.07, 6.45) is 0.214. The molecule has 0 aliphatic heterocycles. The molecule has 0 spiro atoms. The first-order valence-electron chi connectivity index (χ1n) is 7.20. The van der Waals surface area contributed by atoms with Crippen LogP contribution in [0.1, 0.15) is 33.3 Å². The van der Waals surface area contributed by atoms with E-state index in [-0.39, 0.29) is 12.3 Å². The highest BCUT2D eigenvalue weighted by molar-refractivity contribution is 5.88. The summed E-state index contributed by atoms with van der Waals surface area (Å²) in [7, 11) is 0. The molecule has 0 radical (unpaired) electrons. The molecule has 0 fully saturated rings. The van der Waals surface area contributed by atoms with Crippen LogP contribution in [-0.2, 0) is 20.7 Å². The molecule has 0 heterocycles. The normalized spacial score (nSPS) is 10.9. The molecule has 21 heavy (non-hydrogen) atoms. The lowest BCUT2D eigenvalue weighted by Gasteiger charge is -2.24. The van der Waals surface area contributed by atoms with Crippen LogP contribution in [0.25, 0.3) is 0 Å². The second-order valence-electron chi connectivity index (χ2n) is 5.26. The molecule has 1 aromatic carbocycles. The van der Waals surface area contributed by atoms with Crippen LogP contribution in [-0.4, -0.2) is 30.6 Å². The fourth-order valence-electron chi connectivity index (χ4n) is 1.97. The number of carbonyl (C=O) groups excluding carboxylic acids is 2. The third-order valence-corrected chi connectivity index (χ3v) is 2.97. The fourth-order valence-corrected chi connectivity index (χ4v) is 1.97. The summed E-state index contributed by atoms with van der Waals surface area (Å²) < 4.78 is 4.95. The first-order valence-corrected chi connectivity index (χ1v) is 7.20. The Balaban J connectivity index is 2.71. The lowest BCUT2D eigenvalue weighted by molar-refractivity contribution is -0.151. The van der Waals surface area contributed by atoms with E-state index in [0.29, 0.717) is 6.61 Å². The third kappa shape index (κ3) is 5.10. The van der Waals surface area contributed by atoms with Crippen LogP contribution >= 0.6 is 0 Å². The van der Waals surface area contributed by atoms with Crippen LogP contribution in [0.15, 0.2) is 24.3 Å². The van der Waals surface area contributed by atoms with Gasteiger partial charge in [0.15, 0.2) is 0 Å². The van der Waals surface area contributed by atoms with Gasteiger partial charge in [0, 0.05) is 12.2 Å². The highest BCUT2D eigenvalue weighted by atomic mass is 16.5. The van der Waals surface area contributed by atoms with Gasteiger partial charge in [-0.2, -0.15) is 0 Å². The molecule has 1 amide bonds. The lowest BCUT2D eigenvalue weighted by Crippen LogP contribution is -2.51. The van der Waals surface area contributed by atoms with Gasteiger partial charge in [-0.25, -0.2) is 4.79 Å². The summed E-state index contributed by atoms with van der Waals surface area (Å²) in [5.74, 6) is -0.642. The number of para-hydroxylation sites is 1. The van der Waals surface area contributed by atoms with Gasteiger partial charge in [-0.15, -0.1) is 0 Å². The molecule has 5 heteroatoms. The Morgan fingerprint density at radius 2 is 1.86 bits per heavy atom. The van der Waals surface area contributed by atoms with Crippen molar-refractivity contribution in [2.24, 2.45) is 0 Å². The van der Waals surface area contributed by atoms with Crippen LogP contribution in [0.3, 0.4) is 0 Å². The molecule has 5 nitrogen and oxygen atoms in total. The van der Waals surface area contributed by atoms with Gasteiger partial charge in [0.2, 0.25) is 5.91 Å². The van der Waals surface area contributed by atoms with Crippen molar-refractivity contribution in [2.75, 3.05) is 18.5 Å². The van der Waals surface area contributed by atoms with E-state index in [4.69, 9.17) is 4.74 Å². The minimum absolute atomic E-state index is 0.210. The molecule has 2 N–H and O–H groups in total. The Labute approximate surface area is 126 Å². The minimum Gasteiger partial charge on any atom is -0.464 e. The van der Waals surface area contributed by atoms with Crippen molar-refractivity contribution in [1.82, 2.24) is 5.32 Å². The second kappa shape index (κ2) is 7.67. The zero-order chi connectivity index (χ0) is 15.9. The van der Waals surface area contributed by atoms with E-state index in [1.165, 1.54) is 0 Å². The van der Waals surface area contributed by atoms with Crippen LogP contribution in [0.5, 0.6) is 0 Å². The number of benzene rings is 1. The van der Waals surface area contributed by atoms with Gasteiger partial charge in [-0.3, -0.25) is 4.79 Å². The van der Waals surface area contributed by atoms with E-state index in [9.17, 15) is 9.59 Å². The van der Waals surface area contributed by atoms with Gasteiger partial charge in [0.05, 0.1) is 13.0 Å². The molecule has 0 aromatic heterocycles. The fraction of sp³-hybridized carbons (Fsp3) is 0.500. The maximum Gasteiger partial charge on any atom is 0.331 e. The number of amides is 1. The molecule has 0 unspecified atom stereocenters. The van der Waals surface area contributed by atoms with E-state index in [0.717, 1.165) is 17.8 Å². The lowest BCUT2D eigenvalue weighted by atomic mass is 10.0. The Hall–Kier alpha value is -2.04. The molecule has 0 atom stereocenters. The van der Waals surface area contributed by atoms with E-state index >= 15 is 0 Å². The van der Waals surface area contributed by atoms with Crippen molar-refractivity contribution in [3.8, 4) is 0 Å². The van der Waals surface area contributed by atoms with Gasteiger partial charge < -0.3 is 15.4 Å². The highest BCUT2D eigenvalue weighted by Gasteiger charge is 2.30. The molecule has 116 valence electrons. The number of hydrogen-bond donors (Lipinski definition) is 2. The molecule has 0 saturated heterocycles. The van der Waals surface area contributed by atoms with E-state index in [1.807, 2.05) is 31.2 Å². The Bertz CT molecular complexity index is 498. The standard InChI is InChI=1S/C16H24N2O3/c1-5-17-13-10-8-7-9-12(13)11-14(19)18-16(3,4)15(20)21-6-2/h7-10,17H,5-6,11H2,1-4H3,(H,18,19). The van der Waals surface area contributed by atoms with Crippen molar-refractivity contribution < 1.29 is 14.3 Å². The number of carbonyl (C=O) groups is 2. The van der Waals surface area contributed by atoms with E-state index in [2.05, 4.69) is 10.6 Å². The van der Waals surface area contributed by atoms with Gasteiger partial charge >= 0.3 is 5.97 Å². The van der Waals surface area contributed by atoms with Crippen molar-refractivity contribution in [3.05, 3.63) is 29.8 Å². The first kappa shape index (κ1) is 17.0. The average molecular weight is 292 g/mol. The molecule has 1 rings (SSSR count). The van der Waals surface area contributed by atoms with Crippen molar-refractivity contribution in [3.63, 3.8) is 0 Å². The van der Waals surface area contributed by atoms with Gasteiger partial charge in [-0.1, -0.05) is 18.2 Å². The Morgan fingerprint density at radius 3 is 2.48 bits per heavy atom. The summed E-state index contributed by atoms with van der Waals surface area (Å²) in [6.45, 7) is 8.09. The van der Waals surface area contributed by atoms with Crippen molar-refractivity contribution >= 4 is 17.6 Å². The minimum atomic E-state index is -1.03. The Kier molecular flexibility index (Phi) is 6.21. The maximum atomic E-state index is 12.1. The van der Waals surface area contributed by atoms with Crippen LogP contribution in [0, 0.1) is 0 Å². The highest BCUT2D eigenvalue weighted by Crippen LogP contribution is 2.16. The van der Waals surface area contributed by atoms with Crippen molar-refractivity contribution in [1.29, 1.82) is 0 Å². The smallest absolute Gasteiger partial charge is 0.331 e. The van der Waals surface area contributed by atoms with Crippen molar-refractivity contribution in [2.45, 2.75) is 39.7 Å². The summed E-state index contributed by atoms with van der Waals surface area (Å²) >= 11 is 0. The predicted octanol–water partition coefficient (Wildman–Crippen LogP) is 2.12. The third-order valence-electron chi connectivity index (χ3n) is 2.97. The molecule has 0 bridgehead atoms. The SMILES string of the molecule is CCNc1ccccc1CC(=O)NC(C)(C)C(=O)OCC. The largest absolute Gasteiger partial charge is 0.464 e. The van der Waals surface area contributed by atoms with Crippen LogP contribution < -0.4 is 10.6 Å². The average Bonchev–Trinajstić information content (AvgIpc) is 2.41. The topological polar surface area (TPSA) is 67.4 Å². The number of esters is 1.